The summed E-state index contributed by atoms with van der Waals surface area (Å²) in [5.41, 5.74) is 4.08. The minimum absolute atomic E-state index is 0.0452. The van der Waals surface area contributed by atoms with E-state index in [1.54, 1.807) is 12.1 Å². The van der Waals surface area contributed by atoms with Crippen LogP contribution in [-0.2, 0) is 4.79 Å². The summed E-state index contributed by atoms with van der Waals surface area (Å²) < 4.78 is 6.76. The van der Waals surface area contributed by atoms with E-state index in [1.807, 2.05) is 24.3 Å². The molecule has 7 heteroatoms. The maximum atomic E-state index is 11.8. The number of nitrogens with one attached hydrogen (secondary N) is 1. The predicted molar refractivity (Wildman–Crippen MR) is 110 cm³/mol. The molecular weight excluding hydrogens is 464 g/mol. The summed E-state index contributed by atoms with van der Waals surface area (Å²) in [6.07, 6.45) is 2.44. The van der Waals surface area contributed by atoms with Gasteiger partial charge in [-0.1, -0.05) is 41.9 Å². The lowest BCUT2D eigenvalue weighted by atomic mass is 9.99. The molecule has 0 aliphatic carbocycles. The lowest BCUT2D eigenvalue weighted by Crippen LogP contribution is -2.24. The zero-order valence-corrected chi connectivity index (χ0v) is 17.7. The predicted octanol–water partition coefficient (Wildman–Crippen LogP) is 4.96. The lowest BCUT2D eigenvalue weighted by Gasteiger charge is -2.10. The Morgan fingerprint density at radius 1 is 1.31 bits per heavy atom. The molecule has 1 atom stereocenters. The largest absolute Gasteiger partial charge is 0.506 e. The number of amides is 1. The van der Waals surface area contributed by atoms with Gasteiger partial charge in [-0.25, -0.2) is 5.43 Å². The number of benzene rings is 2. The number of nitrogens with zero attached hydrogens (tertiary/aromatic N) is 1. The van der Waals surface area contributed by atoms with Gasteiger partial charge in [0, 0.05) is 10.0 Å². The van der Waals surface area contributed by atoms with Crippen LogP contribution in [0.15, 0.2) is 50.4 Å². The van der Waals surface area contributed by atoms with Gasteiger partial charge in [0.1, 0.15) is 11.5 Å². The van der Waals surface area contributed by atoms with Crippen LogP contribution in [0.3, 0.4) is 0 Å². The summed E-state index contributed by atoms with van der Waals surface area (Å²) in [4.78, 5) is 11.8. The number of hydrogen-bond donors (Lipinski definition) is 2. The molecule has 0 saturated carbocycles. The zero-order chi connectivity index (χ0) is 19.1. The number of carbonyl (C=O) groups is 1. The summed E-state index contributed by atoms with van der Waals surface area (Å²) in [5, 5.41) is 13.8. The van der Waals surface area contributed by atoms with Gasteiger partial charge in [-0.3, -0.25) is 4.79 Å². The summed E-state index contributed by atoms with van der Waals surface area (Å²) in [7, 11) is 0. The highest BCUT2D eigenvalue weighted by Crippen LogP contribution is 2.30. The third kappa shape index (κ3) is 5.85. The number of aromatic hydroxyl groups is 1. The van der Waals surface area contributed by atoms with Crippen LogP contribution in [0.5, 0.6) is 11.5 Å². The third-order valence-corrected chi connectivity index (χ3v) is 4.94. The fraction of sp³-hybridized carbons (Fsp3) is 0.263. The lowest BCUT2D eigenvalue weighted by molar-refractivity contribution is -0.123. The number of carbonyl (C=O) groups excluding carboxylic acids is 1. The van der Waals surface area contributed by atoms with Crippen molar-refractivity contribution in [3.8, 4) is 11.5 Å². The molecule has 2 N–H and O–H groups in total. The Balaban J connectivity index is 1.86. The van der Waals surface area contributed by atoms with Gasteiger partial charge in [0.25, 0.3) is 5.91 Å². The van der Waals surface area contributed by atoms with E-state index >= 15 is 0 Å². The Labute approximate surface area is 169 Å². The van der Waals surface area contributed by atoms with Gasteiger partial charge in [0.15, 0.2) is 6.61 Å². The number of halogens is 2. The molecule has 0 bridgehead atoms. The molecule has 0 heterocycles. The first-order valence-electron chi connectivity index (χ1n) is 8.13. The van der Waals surface area contributed by atoms with Crippen molar-refractivity contribution in [2.75, 3.05) is 6.61 Å². The van der Waals surface area contributed by atoms with Gasteiger partial charge in [-0.2, -0.15) is 5.10 Å². The normalized spacial score (nSPS) is 12.2. The van der Waals surface area contributed by atoms with E-state index in [0.717, 1.165) is 10.9 Å². The molecule has 1 amide bonds. The van der Waals surface area contributed by atoms with E-state index in [9.17, 15) is 9.90 Å². The summed E-state index contributed by atoms with van der Waals surface area (Å²) in [6.45, 7) is 4.17. The quantitative estimate of drug-likeness (QED) is 0.431. The van der Waals surface area contributed by atoms with Gasteiger partial charge in [0.2, 0.25) is 0 Å². The Morgan fingerprint density at radius 2 is 2.00 bits per heavy atom. The summed E-state index contributed by atoms with van der Waals surface area (Å²) in [5.74, 6) is 0.783. The number of phenolic OH excluding ortho intramolecular Hbond substituents is 1. The first kappa shape index (κ1) is 20.5. The minimum Gasteiger partial charge on any atom is -0.506 e. The van der Waals surface area contributed by atoms with E-state index in [0.29, 0.717) is 21.7 Å². The van der Waals surface area contributed by atoms with Crippen LogP contribution in [0, 0.1) is 0 Å². The van der Waals surface area contributed by atoms with E-state index in [2.05, 4.69) is 56.2 Å². The van der Waals surface area contributed by atoms with Crippen LogP contribution in [0.2, 0.25) is 0 Å². The molecule has 0 aliphatic rings. The molecule has 138 valence electrons. The average molecular weight is 484 g/mol. The van der Waals surface area contributed by atoms with Crippen LogP contribution in [-0.4, -0.2) is 23.8 Å². The van der Waals surface area contributed by atoms with Crippen molar-refractivity contribution in [2.45, 2.75) is 26.2 Å². The topological polar surface area (TPSA) is 70.9 Å². The molecule has 0 spiro atoms. The van der Waals surface area contributed by atoms with Crippen molar-refractivity contribution < 1.29 is 14.6 Å². The zero-order valence-electron chi connectivity index (χ0n) is 14.5. The van der Waals surface area contributed by atoms with Crippen molar-refractivity contribution >= 4 is 44.0 Å². The first-order valence-corrected chi connectivity index (χ1v) is 9.72. The third-order valence-electron chi connectivity index (χ3n) is 3.88. The molecule has 0 aliphatic heterocycles. The highest BCUT2D eigenvalue weighted by atomic mass is 79.9. The van der Waals surface area contributed by atoms with Crippen LogP contribution >= 0.6 is 31.9 Å². The summed E-state index contributed by atoms with van der Waals surface area (Å²) in [6, 6.07) is 11.1. The van der Waals surface area contributed by atoms with Gasteiger partial charge < -0.3 is 9.84 Å². The fourth-order valence-electron chi connectivity index (χ4n) is 2.17. The van der Waals surface area contributed by atoms with Crippen LogP contribution in [0.1, 0.15) is 37.3 Å². The number of hydrazone groups is 1. The Bertz CT molecular complexity index is 792. The molecule has 2 rings (SSSR count). The second kappa shape index (κ2) is 9.73. The van der Waals surface area contributed by atoms with Crippen molar-refractivity contribution in [3.05, 3.63) is 56.5 Å². The molecule has 0 aromatic heterocycles. The van der Waals surface area contributed by atoms with Crippen molar-refractivity contribution in [2.24, 2.45) is 5.10 Å². The molecule has 0 radical (unpaired) electrons. The maximum absolute atomic E-state index is 11.8. The van der Waals surface area contributed by atoms with Crippen molar-refractivity contribution in [3.63, 3.8) is 0 Å². The minimum atomic E-state index is -0.388. The molecule has 2 aromatic rings. The van der Waals surface area contributed by atoms with E-state index in [4.69, 9.17) is 4.74 Å². The Morgan fingerprint density at radius 3 is 2.65 bits per heavy atom. The molecule has 2 aromatic carbocycles. The van der Waals surface area contributed by atoms with Gasteiger partial charge >= 0.3 is 0 Å². The van der Waals surface area contributed by atoms with E-state index < -0.39 is 0 Å². The molecule has 5 nitrogen and oxygen atoms in total. The first-order chi connectivity index (χ1) is 12.4. The smallest absolute Gasteiger partial charge is 0.277 e. The molecule has 1 unspecified atom stereocenters. The number of hydrogen-bond acceptors (Lipinski definition) is 4. The number of phenols is 1. The second-order valence-corrected chi connectivity index (χ2v) is 7.56. The SMILES string of the molecule is CCC(C)c1ccc(OCC(=O)N/N=C\c2cc(Br)cc(Br)c2O)cc1. The highest BCUT2D eigenvalue weighted by Gasteiger charge is 2.07. The van der Waals surface area contributed by atoms with E-state index in [1.165, 1.54) is 11.8 Å². The Kier molecular flexibility index (Phi) is 7.66. The van der Waals surface area contributed by atoms with Crippen LogP contribution < -0.4 is 10.2 Å². The fourth-order valence-corrected chi connectivity index (χ4v) is 3.43. The van der Waals surface area contributed by atoms with Crippen molar-refractivity contribution in [1.29, 1.82) is 0 Å². The average Bonchev–Trinajstić information content (AvgIpc) is 2.63. The van der Waals surface area contributed by atoms with Gasteiger partial charge in [0.05, 0.1) is 10.7 Å². The maximum Gasteiger partial charge on any atom is 0.277 e. The van der Waals surface area contributed by atoms with Crippen molar-refractivity contribution in [1.82, 2.24) is 5.43 Å². The molecular formula is C19H20Br2N2O3. The second-order valence-electron chi connectivity index (χ2n) is 5.79. The molecule has 26 heavy (non-hydrogen) atoms. The monoisotopic (exact) mass is 482 g/mol. The Hall–Kier alpha value is -1.86. The number of rotatable bonds is 7. The van der Waals surface area contributed by atoms with Gasteiger partial charge in [-0.05, 0) is 58.1 Å². The molecule has 0 fully saturated rings. The van der Waals surface area contributed by atoms with Crippen LogP contribution in [0.25, 0.3) is 0 Å². The van der Waals surface area contributed by atoms with E-state index in [-0.39, 0.29) is 18.3 Å². The highest BCUT2D eigenvalue weighted by molar-refractivity contribution is 9.11. The standard InChI is InChI=1S/C19H20Br2N2O3/c1-3-12(2)13-4-6-16(7-5-13)26-11-18(24)23-22-10-14-8-15(20)9-17(21)19(14)25/h4-10,12,25H,3,11H2,1-2H3,(H,23,24)/b22-10-. The van der Waals surface area contributed by atoms with Gasteiger partial charge in [-0.15, -0.1) is 0 Å². The molecule has 0 saturated heterocycles. The van der Waals surface area contributed by atoms with Crippen LogP contribution in [0.4, 0.5) is 0 Å². The number of ether oxygens (including phenoxy) is 1. The summed E-state index contributed by atoms with van der Waals surface area (Å²) >= 11 is 6.56.